The van der Waals surface area contributed by atoms with Crippen LogP contribution in [0.2, 0.25) is 5.02 Å². The van der Waals surface area contributed by atoms with E-state index in [4.69, 9.17) is 16.0 Å². The zero-order valence-corrected chi connectivity index (χ0v) is 15.8. The Balaban J connectivity index is 1.75. The Hall–Kier alpha value is -3.18. The Morgan fingerprint density at radius 1 is 0.964 bits per heavy atom. The summed E-state index contributed by atoms with van der Waals surface area (Å²) in [5.74, 6) is 0.345. The van der Waals surface area contributed by atoms with Gasteiger partial charge >= 0.3 is 0 Å². The number of halogens is 2. The average Bonchev–Trinajstić information content (AvgIpc) is 3.17. The molecular formula is C22H17ClFN3O. The molecule has 0 aliphatic heterocycles. The lowest BCUT2D eigenvalue weighted by Gasteiger charge is -2.18. The van der Waals surface area contributed by atoms with Gasteiger partial charge in [0.05, 0.1) is 0 Å². The predicted molar refractivity (Wildman–Crippen MR) is 108 cm³/mol. The lowest BCUT2D eigenvalue weighted by molar-refractivity contribution is 0.494. The summed E-state index contributed by atoms with van der Waals surface area (Å²) in [6, 6.07) is 21.1. The van der Waals surface area contributed by atoms with E-state index in [1.807, 2.05) is 61.5 Å². The largest absolute Gasteiger partial charge is 0.418 e. The SMILES string of the molecule is Cc1cccc(N[C@H](c2nnc(-c3ccccc3)o2)c2ccc(F)cc2Cl)c1. The molecule has 28 heavy (non-hydrogen) atoms. The van der Waals surface area contributed by atoms with E-state index in [0.717, 1.165) is 16.8 Å². The van der Waals surface area contributed by atoms with E-state index >= 15 is 0 Å². The van der Waals surface area contributed by atoms with Gasteiger partial charge in [0.15, 0.2) is 0 Å². The van der Waals surface area contributed by atoms with Crippen LogP contribution in [0.25, 0.3) is 11.5 Å². The van der Waals surface area contributed by atoms with Gasteiger partial charge in [-0.05, 0) is 48.9 Å². The molecule has 0 bridgehead atoms. The third-order valence-electron chi connectivity index (χ3n) is 4.31. The van der Waals surface area contributed by atoms with Crippen LogP contribution in [0.15, 0.2) is 77.2 Å². The van der Waals surface area contributed by atoms with Crippen molar-refractivity contribution in [1.29, 1.82) is 0 Å². The third kappa shape index (κ3) is 3.89. The molecule has 0 aliphatic carbocycles. The number of nitrogens with one attached hydrogen (secondary N) is 1. The van der Waals surface area contributed by atoms with Crippen LogP contribution in [0, 0.1) is 12.7 Å². The number of aromatic nitrogens is 2. The van der Waals surface area contributed by atoms with Crippen molar-refractivity contribution in [1.82, 2.24) is 10.2 Å². The van der Waals surface area contributed by atoms with Crippen molar-refractivity contribution in [2.45, 2.75) is 13.0 Å². The molecule has 6 heteroatoms. The highest BCUT2D eigenvalue weighted by molar-refractivity contribution is 6.31. The van der Waals surface area contributed by atoms with E-state index in [-0.39, 0.29) is 5.02 Å². The van der Waals surface area contributed by atoms with Gasteiger partial charge in [-0.25, -0.2) is 4.39 Å². The molecular weight excluding hydrogens is 377 g/mol. The fraction of sp³-hybridized carbons (Fsp3) is 0.0909. The molecule has 0 fully saturated rings. The first kappa shape index (κ1) is 18.2. The molecule has 0 unspecified atom stereocenters. The molecule has 3 aromatic carbocycles. The zero-order valence-electron chi connectivity index (χ0n) is 15.1. The number of rotatable bonds is 5. The maximum Gasteiger partial charge on any atom is 0.247 e. The van der Waals surface area contributed by atoms with E-state index in [1.54, 1.807) is 6.07 Å². The predicted octanol–water partition coefficient (Wildman–Crippen LogP) is 6.04. The van der Waals surface area contributed by atoms with E-state index in [0.29, 0.717) is 17.3 Å². The van der Waals surface area contributed by atoms with Gasteiger partial charge < -0.3 is 9.73 Å². The number of nitrogens with zero attached hydrogens (tertiary/aromatic N) is 2. The summed E-state index contributed by atoms with van der Waals surface area (Å²) in [5, 5.41) is 12.0. The van der Waals surface area contributed by atoms with Gasteiger partial charge in [-0.2, -0.15) is 0 Å². The van der Waals surface area contributed by atoms with Crippen LogP contribution >= 0.6 is 11.6 Å². The van der Waals surface area contributed by atoms with Crippen molar-refractivity contribution in [2.24, 2.45) is 0 Å². The molecule has 4 rings (SSSR count). The van der Waals surface area contributed by atoms with Crippen molar-refractivity contribution in [3.8, 4) is 11.5 Å². The smallest absolute Gasteiger partial charge is 0.247 e. The second-order valence-corrected chi connectivity index (χ2v) is 6.83. The normalized spacial score (nSPS) is 12.0. The first-order valence-electron chi connectivity index (χ1n) is 8.77. The Labute approximate surface area is 167 Å². The number of benzene rings is 3. The van der Waals surface area contributed by atoms with E-state index in [2.05, 4.69) is 15.5 Å². The maximum absolute atomic E-state index is 13.6. The van der Waals surface area contributed by atoms with Crippen LogP contribution in [0.5, 0.6) is 0 Å². The molecule has 140 valence electrons. The summed E-state index contributed by atoms with van der Waals surface area (Å²) in [5.41, 5.74) is 3.43. The van der Waals surface area contributed by atoms with Crippen molar-refractivity contribution >= 4 is 17.3 Å². The van der Waals surface area contributed by atoms with Crippen molar-refractivity contribution < 1.29 is 8.81 Å². The number of hydrogen-bond donors (Lipinski definition) is 1. The molecule has 4 aromatic rings. The minimum atomic E-state index is -0.528. The summed E-state index contributed by atoms with van der Waals surface area (Å²) in [6.07, 6.45) is 0. The summed E-state index contributed by atoms with van der Waals surface area (Å²) < 4.78 is 19.5. The molecule has 0 spiro atoms. The first-order valence-corrected chi connectivity index (χ1v) is 9.15. The quantitative estimate of drug-likeness (QED) is 0.449. The number of aryl methyl sites for hydroxylation is 1. The number of anilines is 1. The minimum absolute atomic E-state index is 0.282. The van der Waals surface area contributed by atoms with Crippen LogP contribution in [-0.2, 0) is 0 Å². The average molecular weight is 394 g/mol. The fourth-order valence-corrected chi connectivity index (χ4v) is 3.23. The number of hydrogen-bond acceptors (Lipinski definition) is 4. The van der Waals surface area contributed by atoms with Crippen LogP contribution < -0.4 is 5.32 Å². The van der Waals surface area contributed by atoms with E-state index < -0.39 is 11.9 Å². The lowest BCUT2D eigenvalue weighted by atomic mass is 10.1. The highest BCUT2D eigenvalue weighted by Crippen LogP contribution is 2.33. The molecule has 1 aromatic heterocycles. The van der Waals surface area contributed by atoms with E-state index in [9.17, 15) is 4.39 Å². The standard InChI is InChI=1S/C22H17ClFN3O/c1-14-6-5-9-17(12-14)25-20(18-11-10-16(24)13-19(18)23)22-27-26-21(28-22)15-7-3-2-4-8-15/h2-13,20,25H,1H3/t20-/m0/s1. The summed E-state index contributed by atoms with van der Waals surface area (Å²) in [4.78, 5) is 0. The molecule has 0 saturated heterocycles. The fourth-order valence-electron chi connectivity index (χ4n) is 2.96. The van der Waals surface area contributed by atoms with E-state index in [1.165, 1.54) is 12.1 Å². The summed E-state index contributed by atoms with van der Waals surface area (Å²) in [6.45, 7) is 2.01. The van der Waals surface area contributed by atoms with Gasteiger partial charge in [0, 0.05) is 21.8 Å². The van der Waals surface area contributed by atoms with Crippen LogP contribution in [-0.4, -0.2) is 10.2 Å². The van der Waals surface area contributed by atoms with Gasteiger partial charge in [0.1, 0.15) is 11.9 Å². The third-order valence-corrected chi connectivity index (χ3v) is 4.64. The maximum atomic E-state index is 13.6. The van der Waals surface area contributed by atoms with Crippen LogP contribution in [0.3, 0.4) is 0 Å². The highest BCUT2D eigenvalue weighted by atomic mass is 35.5. The minimum Gasteiger partial charge on any atom is -0.418 e. The Morgan fingerprint density at radius 2 is 1.79 bits per heavy atom. The Morgan fingerprint density at radius 3 is 2.54 bits per heavy atom. The Bertz CT molecular complexity index is 1100. The van der Waals surface area contributed by atoms with Gasteiger partial charge in [-0.3, -0.25) is 0 Å². The summed E-state index contributed by atoms with van der Waals surface area (Å²) >= 11 is 6.33. The lowest BCUT2D eigenvalue weighted by Crippen LogP contribution is -2.13. The van der Waals surface area contributed by atoms with Crippen LogP contribution in [0.4, 0.5) is 10.1 Å². The van der Waals surface area contributed by atoms with Crippen molar-refractivity contribution in [3.63, 3.8) is 0 Å². The first-order chi connectivity index (χ1) is 13.6. The molecule has 0 amide bonds. The zero-order chi connectivity index (χ0) is 19.5. The van der Waals surface area contributed by atoms with Crippen LogP contribution in [0.1, 0.15) is 23.1 Å². The molecule has 1 atom stereocenters. The molecule has 0 saturated carbocycles. The Kier molecular flexibility index (Phi) is 5.08. The molecule has 0 radical (unpaired) electrons. The molecule has 0 aliphatic rings. The second kappa shape index (κ2) is 7.82. The molecule has 1 N–H and O–H groups in total. The monoisotopic (exact) mass is 393 g/mol. The van der Waals surface area contributed by atoms with Gasteiger partial charge in [-0.1, -0.05) is 48.0 Å². The summed E-state index contributed by atoms with van der Waals surface area (Å²) in [7, 11) is 0. The van der Waals surface area contributed by atoms with Gasteiger partial charge in [-0.15, -0.1) is 10.2 Å². The molecule has 1 heterocycles. The van der Waals surface area contributed by atoms with Crippen molar-refractivity contribution in [3.05, 3.63) is 101 Å². The van der Waals surface area contributed by atoms with Gasteiger partial charge in [0.2, 0.25) is 11.8 Å². The highest BCUT2D eigenvalue weighted by Gasteiger charge is 2.24. The molecule has 4 nitrogen and oxygen atoms in total. The van der Waals surface area contributed by atoms with Crippen molar-refractivity contribution in [2.75, 3.05) is 5.32 Å². The topological polar surface area (TPSA) is 51.0 Å². The second-order valence-electron chi connectivity index (χ2n) is 6.42. The van der Waals surface area contributed by atoms with Gasteiger partial charge in [0.25, 0.3) is 0 Å².